The van der Waals surface area contributed by atoms with Gasteiger partial charge in [0.25, 0.3) is 0 Å². The van der Waals surface area contributed by atoms with E-state index in [1.807, 2.05) is 12.1 Å². The minimum atomic E-state index is 0.543. The summed E-state index contributed by atoms with van der Waals surface area (Å²) in [6.07, 6.45) is 2.17. The predicted molar refractivity (Wildman–Crippen MR) is 63.1 cm³/mol. The van der Waals surface area contributed by atoms with E-state index < -0.39 is 0 Å². The van der Waals surface area contributed by atoms with Crippen molar-refractivity contribution >= 4 is 11.4 Å². The van der Waals surface area contributed by atoms with Crippen molar-refractivity contribution in [1.82, 2.24) is 0 Å². The van der Waals surface area contributed by atoms with E-state index in [0.29, 0.717) is 6.04 Å². The van der Waals surface area contributed by atoms with Crippen molar-refractivity contribution in [3.63, 3.8) is 0 Å². The highest BCUT2D eigenvalue weighted by atomic mass is 16.5. The van der Waals surface area contributed by atoms with Gasteiger partial charge in [-0.25, -0.2) is 0 Å². The summed E-state index contributed by atoms with van der Waals surface area (Å²) in [5.41, 5.74) is 8.94. The van der Waals surface area contributed by atoms with Gasteiger partial charge in [-0.05, 0) is 43.5 Å². The first-order chi connectivity index (χ1) is 7.25. The van der Waals surface area contributed by atoms with Crippen molar-refractivity contribution in [2.24, 2.45) is 0 Å². The molecule has 0 radical (unpaired) electrons. The van der Waals surface area contributed by atoms with E-state index >= 15 is 0 Å². The Morgan fingerprint density at radius 3 is 2.73 bits per heavy atom. The minimum absolute atomic E-state index is 0.543. The molecule has 3 N–H and O–H groups in total. The molecule has 1 aliphatic heterocycles. The summed E-state index contributed by atoms with van der Waals surface area (Å²) in [6, 6.07) is 6.54. The lowest BCUT2D eigenvalue weighted by molar-refractivity contribution is 0.0904. The molecule has 1 heterocycles. The summed E-state index contributed by atoms with van der Waals surface area (Å²) < 4.78 is 5.33. The van der Waals surface area contributed by atoms with Gasteiger partial charge in [0, 0.05) is 30.6 Å². The zero-order valence-corrected chi connectivity index (χ0v) is 9.12. The first kappa shape index (κ1) is 10.3. The smallest absolute Gasteiger partial charge is 0.0485 e. The molecule has 82 valence electrons. The van der Waals surface area contributed by atoms with Crippen molar-refractivity contribution in [3.8, 4) is 0 Å². The van der Waals surface area contributed by atoms with Crippen LogP contribution in [0.4, 0.5) is 11.4 Å². The number of benzene rings is 1. The van der Waals surface area contributed by atoms with Gasteiger partial charge in [-0.15, -0.1) is 0 Å². The summed E-state index contributed by atoms with van der Waals surface area (Å²) in [5, 5.41) is 3.54. The highest BCUT2D eigenvalue weighted by molar-refractivity contribution is 5.57. The molecule has 2 rings (SSSR count). The zero-order valence-electron chi connectivity index (χ0n) is 9.12. The second kappa shape index (κ2) is 4.53. The second-order valence-corrected chi connectivity index (χ2v) is 4.11. The van der Waals surface area contributed by atoms with Gasteiger partial charge in [0.2, 0.25) is 0 Å². The van der Waals surface area contributed by atoms with Gasteiger partial charge in [0.1, 0.15) is 0 Å². The van der Waals surface area contributed by atoms with Gasteiger partial charge in [0.05, 0.1) is 0 Å². The third-order valence-corrected chi connectivity index (χ3v) is 2.83. The molecule has 1 aliphatic rings. The molecule has 0 aromatic heterocycles. The van der Waals surface area contributed by atoms with E-state index in [1.54, 1.807) is 0 Å². The van der Waals surface area contributed by atoms with Gasteiger partial charge in [-0.1, -0.05) is 0 Å². The Morgan fingerprint density at radius 2 is 2.07 bits per heavy atom. The van der Waals surface area contributed by atoms with E-state index in [0.717, 1.165) is 31.7 Å². The molecule has 0 aliphatic carbocycles. The number of hydrogen-bond acceptors (Lipinski definition) is 3. The molecule has 0 spiro atoms. The number of nitrogens with two attached hydrogens (primary N) is 1. The molecule has 0 bridgehead atoms. The van der Waals surface area contributed by atoms with Crippen molar-refractivity contribution in [2.45, 2.75) is 25.8 Å². The van der Waals surface area contributed by atoms with E-state index in [2.05, 4.69) is 18.3 Å². The summed E-state index contributed by atoms with van der Waals surface area (Å²) in [6.45, 7) is 3.81. The first-order valence-corrected chi connectivity index (χ1v) is 5.46. The number of aryl methyl sites for hydroxylation is 1. The maximum absolute atomic E-state index is 5.71. The molecule has 1 aromatic carbocycles. The van der Waals surface area contributed by atoms with Crippen LogP contribution in [-0.2, 0) is 4.74 Å². The summed E-state index contributed by atoms with van der Waals surface area (Å²) in [5.74, 6) is 0. The van der Waals surface area contributed by atoms with Gasteiger partial charge < -0.3 is 15.8 Å². The fourth-order valence-corrected chi connectivity index (χ4v) is 1.91. The number of rotatable bonds is 2. The van der Waals surface area contributed by atoms with Crippen LogP contribution in [-0.4, -0.2) is 19.3 Å². The van der Waals surface area contributed by atoms with E-state index in [4.69, 9.17) is 10.5 Å². The number of nitrogens with one attached hydrogen (secondary N) is 1. The Morgan fingerprint density at radius 1 is 1.33 bits per heavy atom. The Labute approximate surface area is 90.6 Å². The monoisotopic (exact) mass is 206 g/mol. The summed E-state index contributed by atoms with van der Waals surface area (Å²) in [4.78, 5) is 0. The number of nitrogen functional groups attached to an aromatic ring is 1. The van der Waals surface area contributed by atoms with Crippen molar-refractivity contribution in [3.05, 3.63) is 23.8 Å². The van der Waals surface area contributed by atoms with Crippen LogP contribution in [0.1, 0.15) is 18.4 Å². The fraction of sp³-hybridized carbons (Fsp3) is 0.500. The average Bonchev–Trinajstić information content (AvgIpc) is 2.24. The molecule has 3 nitrogen and oxygen atoms in total. The predicted octanol–water partition coefficient (Wildman–Crippen LogP) is 2.17. The maximum atomic E-state index is 5.71. The van der Waals surface area contributed by atoms with Crippen molar-refractivity contribution < 1.29 is 4.74 Å². The minimum Gasteiger partial charge on any atom is -0.399 e. The van der Waals surface area contributed by atoms with E-state index in [-0.39, 0.29) is 0 Å². The quantitative estimate of drug-likeness (QED) is 0.729. The SMILES string of the molecule is Cc1cc(N)ccc1NC1CCOCC1. The van der Waals surface area contributed by atoms with Crippen LogP contribution in [0.2, 0.25) is 0 Å². The molecule has 1 aromatic rings. The van der Waals surface area contributed by atoms with Crippen LogP contribution in [0.25, 0.3) is 0 Å². The van der Waals surface area contributed by atoms with Gasteiger partial charge in [0.15, 0.2) is 0 Å². The number of anilines is 2. The second-order valence-electron chi connectivity index (χ2n) is 4.11. The molecule has 1 saturated heterocycles. The lowest BCUT2D eigenvalue weighted by atomic mass is 10.1. The standard InChI is InChI=1S/C12H18N2O/c1-9-8-10(13)2-3-12(9)14-11-4-6-15-7-5-11/h2-3,8,11,14H,4-7,13H2,1H3. The Hall–Kier alpha value is -1.22. The molecule has 15 heavy (non-hydrogen) atoms. The zero-order chi connectivity index (χ0) is 10.7. The third-order valence-electron chi connectivity index (χ3n) is 2.83. The fourth-order valence-electron chi connectivity index (χ4n) is 1.91. The van der Waals surface area contributed by atoms with Crippen LogP contribution < -0.4 is 11.1 Å². The lowest BCUT2D eigenvalue weighted by Gasteiger charge is -2.25. The Balaban J connectivity index is 2.03. The van der Waals surface area contributed by atoms with E-state index in [9.17, 15) is 0 Å². The molecule has 0 amide bonds. The lowest BCUT2D eigenvalue weighted by Crippen LogP contribution is -2.28. The van der Waals surface area contributed by atoms with E-state index in [1.165, 1.54) is 11.3 Å². The number of ether oxygens (including phenoxy) is 1. The highest BCUT2D eigenvalue weighted by Crippen LogP contribution is 2.21. The number of hydrogen-bond donors (Lipinski definition) is 2. The molecule has 3 heteroatoms. The topological polar surface area (TPSA) is 47.3 Å². The van der Waals surface area contributed by atoms with Crippen LogP contribution in [0.15, 0.2) is 18.2 Å². The van der Waals surface area contributed by atoms with Crippen LogP contribution in [0.5, 0.6) is 0 Å². The molecule has 1 fully saturated rings. The van der Waals surface area contributed by atoms with Crippen molar-refractivity contribution in [1.29, 1.82) is 0 Å². The van der Waals surface area contributed by atoms with Crippen LogP contribution in [0.3, 0.4) is 0 Å². The summed E-state index contributed by atoms with van der Waals surface area (Å²) in [7, 11) is 0. The van der Waals surface area contributed by atoms with Gasteiger partial charge >= 0.3 is 0 Å². The van der Waals surface area contributed by atoms with Gasteiger partial charge in [-0.2, -0.15) is 0 Å². The molecule has 0 saturated carbocycles. The largest absolute Gasteiger partial charge is 0.399 e. The molecular weight excluding hydrogens is 188 g/mol. The third kappa shape index (κ3) is 2.63. The molecular formula is C12H18N2O. The average molecular weight is 206 g/mol. The molecule has 0 atom stereocenters. The summed E-state index contributed by atoms with van der Waals surface area (Å²) >= 11 is 0. The van der Waals surface area contributed by atoms with Crippen LogP contribution in [0, 0.1) is 6.92 Å². The highest BCUT2D eigenvalue weighted by Gasteiger charge is 2.13. The van der Waals surface area contributed by atoms with Crippen LogP contribution >= 0.6 is 0 Å². The normalized spacial score (nSPS) is 17.7. The van der Waals surface area contributed by atoms with Gasteiger partial charge in [-0.3, -0.25) is 0 Å². The Kier molecular flexibility index (Phi) is 3.11. The van der Waals surface area contributed by atoms with Crippen molar-refractivity contribution in [2.75, 3.05) is 24.3 Å². The maximum Gasteiger partial charge on any atom is 0.0485 e. The first-order valence-electron chi connectivity index (χ1n) is 5.46. The molecule has 0 unspecified atom stereocenters. The Bertz CT molecular complexity index is 332.